The number of allylic oxidation sites excluding steroid dienone is 1. The SMILES string of the molecule is CCCCC(CCCC)(NC(=O)c1ccccc1)C1=CCCCC1. The maximum absolute atomic E-state index is 12.9. The molecule has 1 aliphatic rings. The molecule has 1 aromatic carbocycles. The Morgan fingerprint density at radius 3 is 2.25 bits per heavy atom. The highest BCUT2D eigenvalue weighted by Crippen LogP contribution is 2.35. The molecule has 1 amide bonds. The average Bonchev–Trinajstić information content (AvgIpc) is 2.65. The van der Waals surface area contributed by atoms with Crippen molar-refractivity contribution in [3.63, 3.8) is 0 Å². The van der Waals surface area contributed by atoms with Gasteiger partial charge in [-0.3, -0.25) is 4.79 Å². The van der Waals surface area contributed by atoms with Gasteiger partial charge in [0.25, 0.3) is 5.91 Å². The second-order valence-corrected chi connectivity index (χ2v) is 7.08. The minimum Gasteiger partial charge on any atom is -0.343 e. The van der Waals surface area contributed by atoms with Crippen LogP contribution >= 0.6 is 0 Å². The van der Waals surface area contributed by atoms with E-state index in [0.717, 1.165) is 44.1 Å². The van der Waals surface area contributed by atoms with Gasteiger partial charge in [-0.1, -0.05) is 63.8 Å². The Morgan fingerprint density at radius 1 is 1.04 bits per heavy atom. The van der Waals surface area contributed by atoms with Crippen molar-refractivity contribution in [2.45, 2.75) is 83.6 Å². The molecule has 0 bridgehead atoms. The van der Waals surface area contributed by atoms with E-state index in [9.17, 15) is 4.79 Å². The molecule has 2 rings (SSSR count). The number of hydrogen-bond donors (Lipinski definition) is 1. The number of hydrogen-bond acceptors (Lipinski definition) is 1. The van der Waals surface area contributed by atoms with Crippen LogP contribution < -0.4 is 5.32 Å². The van der Waals surface area contributed by atoms with E-state index < -0.39 is 0 Å². The van der Waals surface area contributed by atoms with Gasteiger partial charge in [0.15, 0.2) is 0 Å². The molecule has 1 N–H and O–H groups in total. The maximum Gasteiger partial charge on any atom is 0.251 e. The molecule has 2 heteroatoms. The number of carbonyl (C=O) groups excluding carboxylic acids is 1. The van der Waals surface area contributed by atoms with Crippen molar-refractivity contribution in [3.8, 4) is 0 Å². The van der Waals surface area contributed by atoms with Gasteiger partial charge in [0.1, 0.15) is 0 Å². The van der Waals surface area contributed by atoms with Crippen LogP contribution in [0.15, 0.2) is 42.0 Å². The third-order valence-corrected chi connectivity index (χ3v) is 5.21. The van der Waals surface area contributed by atoms with E-state index in [1.807, 2.05) is 30.3 Å². The molecule has 0 spiro atoms. The Balaban J connectivity index is 2.27. The van der Waals surface area contributed by atoms with Crippen molar-refractivity contribution in [1.82, 2.24) is 5.32 Å². The Hall–Kier alpha value is -1.57. The summed E-state index contributed by atoms with van der Waals surface area (Å²) in [4.78, 5) is 12.9. The minimum absolute atomic E-state index is 0.0780. The van der Waals surface area contributed by atoms with Gasteiger partial charge in [-0.2, -0.15) is 0 Å². The lowest BCUT2D eigenvalue weighted by Gasteiger charge is -2.39. The third kappa shape index (κ3) is 4.96. The second-order valence-electron chi connectivity index (χ2n) is 7.08. The molecule has 0 unspecified atom stereocenters. The van der Waals surface area contributed by atoms with E-state index in [1.165, 1.54) is 31.3 Å². The van der Waals surface area contributed by atoms with Gasteiger partial charge in [0.05, 0.1) is 5.54 Å². The first kappa shape index (κ1) is 18.8. The third-order valence-electron chi connectivity index (χ3n) is 5.21. The van der Waals surface area contributed by atoms with E-state index in [1.54, 1.807) is 0 Å². The molecule has 24 heavy (non-hydrogen) atoms. The van der Waals surface area contributed by atoms with Crippen LogP contribution in [0.4, 0.5) is 0 Å². The number of amides is 1. The Bertz CT molecular complexity index is 524. The van der Waals surface area contributed by atoms with Crippen molar-refractivity contribution >= 4 is 5.91 Å². The van der Waals surface area contributed by atoms with Crippen LogP contribution in [0.1, 0.15) is 88.4 Å². The smallest absolute Gasteiger partial charge is 0.251 e. The van der Waals surface area contributed by atoms with Crippen LogP contribution in [0.3, 0.4) is 0 Å². The molecular weight excluding hydrogens is 294 g/mol. The number of nitrogens with one attached hydrogen (secondary N) is 1. The topological polar surface area (TPSA) is 29.1 Å². The summed E-state index contributed by atoms with van der Waals surface area (Å²) in [6.07, 6.45) is 14.1. The largest absolute Gasteiger partial charge is 0.343 e. The van der Waals surface area contributed by atoms with Crippen LogP contribution in [0.2, 0.25) is 0 Å². The first-order chi connectivity index (χ1) is 11.7. The normalized spacial score (nSPS) is 15.0. The molecular formula is C22H33NO. The number of rotatable bonds is 9. The van der Waals surface area contributed by atoms with Crippen LogP contribution in [0, 0.1) is 0 Å². The van der Waals surface area contributed by atoms with Crippen molar-refractivity contribution in [3.05, 3.63) is 47.5 Å². The molecule has 0 heterocycles. The fourth-order valence-electron chi connectivity index (χ4n) is 3.76. The first-order valence-corrected chi connectivity index (χ1v) is 9.79. The monoisotopic (exact) mass is 327 g/mol. The Morgan fingerprint density at radius 2 is 1.71 bits per heavy atom. The predicted molar refractivity (Wildman–Crippen MR) is 102 cm³/mol. The molecule has 0 atom stereocenters. The van der Waals surface area contributed by atoms with Crippen molar-refractivity contribution in [2.75, 3.05) is 0 Å². The quantitative estimate of drug-likeness (QED) is 0.551. The molecule has 1 aromatic rings. The van der Waals surface area contributed by atoms with Gasteiger partial charge in [-0.05, 0) is 56.2 Å². The van der Waals surface area contributed by atoms with Crippen LogP contribution in [-0.4, -0.2) is 11.4 Å². The maximum atomic E-state index is 12.9. The van der Waals surface area contributed by atoms with E-state index in [4.69, 9.17) is 0 Å². The molecule has 0 aromatic heterocycles. The van der Waals surface area contributed by atoms with Crippen LogP contribution in [-0.2, 0) is 0 Å². The Labute approximate surface area is 147 Å². The van der Waals surface area contributed by atoms with Gasteiger partial charge in [0.2, 0.25) is 0 Å². The lowest BCUT2D eigenvalue weighted by molar-refractivity contribution is 0.0899. The summed E-state index contributed by atoms with van der Waals surface area (Å²) < 4.78 is 0. The second kappa shape index (κ2) is 9.66. The standard InChI is InChI=1S/C22H33NO/c1-3-5-17-22(18-6-4-2,20-15-11-8-12-16-20)23-21(24)19-13-9-7-10-14-19/h7,9-10,13-15H,3-6,8,11-12,16-18H2,1-2H3,(H,23,24). The fourth-order valence-corrected chi connectivity index (χ4v) is 3.76. The molecule has 1 aliphatic carbocycles. The van der Waals surface area contributed by atoms with Gasteiger partial charge in [-0.25, -0.2) is 0 Å². The summed E-state index contributed by atoms with van der Waals surface area (Å²) in [6, 6.07) is 9.66. The minimum atomic E-state index is -0.140. The predicted octanol–water partition coefficient (Wildman–Crippen LogP) is 6.04. The zero-order valence-electron chi connectivity index (χ0n) is 15.4. The molecule has 0 saturated carbocycles. The number of benzene rings is 1. The highest BCUT2D eigenvalue weighted by molar-refractivity contribution is 5.94. The zero-order chi connectivity index (χ0) is 17.3. The number of unbranched alkanes of at least 4 members (excludes halogenated alkanes) is 2. The van der Waals surface area contributed by atoms with E-state index >= 15 is 0 Å². The first-order valence-electron chi connectivity index (χ1n) is 9.79. The summed E-state index contributed by atoms with van der Waals surface area (Å²) in [6.45, 7) is 4.47. The van der Waals surface area contributed by atoms with Gasteiger partial charge < -0.3 is 5.32 Å². The molecule has 0 aliphatic heterocycles. The summed E-state index contributed by atoms with van der Waals surface area (Å²) in [5.74, 6) is 0.0780. The van der Waals surface area contributed by atoms with Crippen molar-refractivity contribution in [1.29, 1.82) is 0 Å². The Kier molecular flexibility index (Phi) is 7.55. The van der Waals surface area contributed by atoms with Crippen LogP contribution in [0.25, 0.3) is 0 Å². The van der Waals surface area contributed by atoms with Crippen molar-refractivity contribution in [2.24, 2.45) is 0 Å². The van der Waals surface area contributed by atoms with Crippen LogP contribution in [0.5, 0.6) is 0 Å². The zero-order valence-corrected chi connectivity index (χ0v) is 15.4. The molecule has 132 valence electrons. The number of carbonyl (C=O) groups is 1. The summed E-state index contributed by atoms with van der Waals surface area (Å²) in [5, 5.41) is 3.48. The average molecular weight is 328 g/mol. The van der Waals surface area contributed by atoms with Crippen molar-refractivity contribution < 1.29 is 4.79 Å². The highest BCUT2D eigenvalue weighted by Gasteiger charge is 2.35. The van der Waals surface area contributed by atoms with E-state index in [2.05, 4.69) is 25.2 Å². The molecule has 0 radical (unpaired) electrons. The molecule has 2 nitrogen and oxygen atoms in total. The summed E-state index contributed by atoms with van der Waals surface area (Å²) in [5.41, 5.74) is 2.12. The fraction of sp³-hybridized carbons (Fsp3) is 0.591. The molecule has 0 saturated heterocycles. The van der Waals surface area contributed by atoms with E-state index in [-0.39, 0.29) is 11.4 Å². The van der Waals surface area contributed by atoms with E-state index in [0.29, 0.717) is 0 Å². The lowest BCUT2D eigenvalue weighted by atomic mass is 9.76. The lowest BCUT2D eigenvalue weighted by Crippen LogP contribution is -2.50. The van der Waals surface area contributed by atoms with Gasteiger partial charge in [0, 0.05) is 5.56 Å². The summed E-state index contributed by atoms with van der Waals surface area (Å²) in [7, 11) is 0. The molecule has 0 fully saturated rings. The van der Waals surface area contributed by atoms with Gasteiger partial charge >= 0.3 is 0 Å². The van der Waals surface area contributed by atoms with Gasteiger partial charge in [-0.15, -0.1) is 0 Å². The highest BCUT2D eigenvalue weighted by atomic mass is 16.1. The summed E-state index contributed by atoms with van der Waals surface area (Å²) >= 11 is 0.